The maximum atomic E-state index is 12.2. The van der Waals surface area contributed by atoms with E-state index in [-0.39, 0.29) is 18.9 Å². The first-order chi connectivity index (χ1) is 12.6. The van der Waals surface area contributed by atoms with E-state index in [0.717, 1.165) is 11.1 Å². The molecule has 0 fully saturated rings. The van der Waals surface area contributed by atoms with Crippen LogP contribution in [0.1, 0.15) is 17.5 Å². The Bertz CT molecular complexity index is 1150. The van der Waals surface area contributed by atoms with Crippen LogP contribution in [0, 0.1) is 6.92 Å². The van der Waals surface area contributed by atoms with Crippen molar-refractivity contribution in [2.45, 2.75) is 26.4 Å². The Kier molecular flexibility index (Phi) is 4.00. The van der Waals surface area contributed by atoms with E-state index in [1.54, 1.807) is 35.2 Å². The zero-order valence-corrected chi connectivity index (χ0v) is 14.2. The van der Waals surface area contributed by atoms with Gasteiger partial charge in [-0.2, -0.15) is 5.10 Å². The van der Waals surface area contributed by atoms with Crippen LogP contribution in [0.25, 0.3) is 16.7 Å². The van der Waals surface area contributed by atoms with Crippen molar-refractivity contribution in [2.24, 2.45) is 0 Å². The summed E-state index contributed by atoms with van der Waals surface area (Å²) in [5.74, 6) is -0.612. The van der Waals surface area contributed by atoms with Crippen LogP contribution in [0.5, 0.6) is 0 Å². The number of amides is 1. The van der Waals surface area contributed by atoms with Gasteiger partial charge in [0.1, 0.15) is 0 Å². The van der Waals surface area contributed by atoms with Gasteiger partial charge in [-0.25, -0.2) is 14.3 Å². The molecule has 0 unspecified atom stereocenters. The molecule has 1 N–H and O–H groups in total. The predicted molar refractivity (Wildman–Crippen MR) is 94.7 cm³/mol. The van der Waals surface area contributed by atoms with Crippen molar-refractivity contribution in [1.82, 2.24) is 24.5 Å². The van der Waals surface area contributed by atoms with E-state index in [2.05, 4.69) is 15.4 Å². The molecule has 1 aromatic carbocycles. The summed E-state index contributed by atoms with van der Waals surface area (Å²) in [5.41, 5.74) is 3.80. The van der Waals surface area contributed by atoms with Crippen LogP contribution in [0.2, 0.25) is 0 Å². The Balaban J connectivity index is 1.42. The summed E-state index contributed by atoms with van der Waals surface area (Å²) in [6.07, 6.45) is 5.33. The molecule has 0 spiro atoms. The number of oxazole rings is 1. The minimum atomic E-state index is -0.453. The van der Waals surface area contributed by atoms with Crippen LogP contribution < -0.4 is 11.1 Å². The Labute approximate surface area is 148 Å². The van der Waals surface area contributed by atoms with Crippen molar-refractivity contribution < 1.29 is 9.21 Å². The summed E-state index contributed by atoms with van der Waals surface area (Å²) in [7, 11) is 0. The van der Waals surface area contributed by atoms with Gasteiger partial charge in [0, 0.05) is 37.5 Å². The standard InChI is InChI=1S/C18H17N5O3/c1-12-3-4-15-14(9-12)22(18(25)26-15)8-5-16(24)20-10-13-11-21-23-7-2-6-19-17(13)23/h2-4,6-7,9,11H,5,8,10H2,1H3,(H,20,24). The number of fused-ring (bicyclic) bond motifs is 2. The minimum Gasteiger partial charge on any atom is -0.408 e. The lowest BCUT2D eigenvalue weighted by Crippen LogP contribution is -2.25. The molecule has 4 rings (SSSR count). The third kappa shape index (κ3) is 2.97. The lowest BCUT2D eigenvalue weighted by molar-refractivity contribution is -0.121. The molecule has 0 aliphatic rings. The van der Waals surface area contributed by atoms with Gasteiger partial charge >= 0.3 is 5.76 Å². The van der Waals surface area contributed by atoms with Crippen molar-refractivity contribution in [3.05, 3.63) is 64.5 Å². The van der Waals surface area contributed by atoms with E-state index in [1.807, 2.05) is 19.1 Å². The molecule has 0 saturated carbocycles. The fourth-order valence-corrected chi connectivity index (χ4v) is 2.88. The van der Waals surface area contributed by atoms with E-state index in [9.17, 15) is 9.59 Å². The van der Waals surface area contributed by atoms with Crippen LogP contribution in [0.4, 0.5) is 0 Å². The number of aryl methyl sites for hydroxylation is 2. The number of hydrogen-bond donors (Lipinski definition) is 1. The second-order valence-electron chi connectivity index (χ2n) is 6.08. The summed E-state index contributed by atoms with van der Waals surface area (Å²) in [4.78, 5) is 28.4. The number of aromatic nitrogens is 4. The molecule has 0 bridgehead atoms. The maximum absolute atomic E-state index is 12.2. The van der Waals surface area contributed by atoms with Gasteiger partial charge in [0.2, 0.25) is 5.91 Å². The van der Waals surface area contributed by atoms with Crippen molar-refractivity contribution in [3.63, 3.8) is 0 Å². The van der Waals surface area contributed by atoms with Gasteiger partial charge in [-0.1, -0.05) is 6.07 Å². The second kappa shape index (κ2) is 6.47. The summed E-state index contributed by atoms with van der Waals surface area (Å²) < 4.78 is 8.35. The van der Waals surface area contributed by atoms with Gasteiger partial charge in [0.15, 0.2) is 11.2 Å². The number of nitrogens with zero attached hydrogens (tertiary/aromatic N) is 4. The molecular weight excluding hydrogens is 334 g/mol. The quantitative estimate of drug-likeness (QED) is 0.590. The molecule has 4 aromatic rings. The molecule has 3 heterocycles. The van der Waals surface area contributed by atoms with Crippen LogP contribution in [-0.2, 0) is 17.9 Å². The third-order valence-corrected chi connectivity index (χ3v) is 4.21. The normalized spacial score (nSPS) is 11.3. The highest BCUT2D eigenvalue weighted by atomic mass is 16.4. The average molecular weight is 351 g/mol. The Morgan fingerprint density at radius 1 is 1.35 bits per heavy atom. The van der Waals surface area contributed by atoms with Gasteiger partial charge in [-0.05, 0) is 30.7 Å². The van der Waals surface area contributed by atoms with Crippen LogP contribution >= 0.6 is 0 Å². The molecule has 1 amide bonds. The molecule has 26 heavy (non-hydrogen) atoms. The monoisotopic (exact) mass is 351 g/mol. The lowest BCUT2D eigenvalue weighted by Gasteiger charge is -2.05. The highest BCUT2D eigenvalue weighted by molar-refractivity contribution is 5.77. The molecule has 3 aromatic heterocycles. The molecule has 0 radical (unpaired) electrons. The molecule has 8 nitrogen and oxygen atoms in total. The first-order valence-electron chi connectivity index (χ1n) is 8.26. The van der Waals surface area contributed by atoms with E-state index in [0.29, 0.717) is 23.3 Å². The number of rotatable bonds is 5. The Morgan fingerprint density at radius 2 is 2.23 bits per heavy atom. The number of carbonyl (C=O) groups is 1. The number of hydrogen-bond acceptors (Lipinski definition) is 5. The van der Waals surface area contributed by atoms with Crippen molar-refractivity contribution in [3.8, 4) is 0 Å². The van der Waals surface area contributed by atoms with Gasteiger partial charge in [0.05, 0.1) is 11.7 Å². The average Bonchev–Trinajstić information content (AvgIpc) is 3.18. The highest BCUT2D eigenvalue weighted by Crippen LogP contribution is 2.15. The molecule has 0 atom stereocenters. The first kappa shape index (κ1) is 16.1. The SMILES string of the molecule is Cc1ccc2oc(=O)n(CCC(=O)NCc3cnn4cccnc34)c2c1. The smallest absolute Gasteiger partial charge is 0.408 e. The third-order valence-electron chi connectivity index (χ3n) is 4.21. The predicted octanol–water partition coefficient (Wildman–Crippen LogP) is 1.65. The van der Waals surface area contributed by atoms with Crippen molar-refractivity contribution in [2.75, 3.05) is 0 Å². The van der Waals surface area contributed by atoms with Gasteiger partial charge < -0.3 is 9.73 Å². The summed E-state index contributed by atoms with van der Waals surface area (Å²) >= 11 is 0. The number of nitrogens with one attached hydrogen (secondary N) is 1. The van der Waals surface area contributed by atoms with Crippen LogP contribution in [-0.4, -0.2) is 25.1 Å². The van der Waals surface area contributed by atoms with Gasteiger partial charge in [0.25, 0.3) is 0 Å². The Morgan fingerprint density at radius 3 is 3.12 bits per heavy atom. The molecule has 0 saturated heterocycles. The summed E-state index contributed by atoms with van der Waals surface area (Å²) in [5, 5.41) is 7.02. The first-order valence-corrected chi connectivity index (χ1v) is 8.26. The zero-order chi connectivity index (χ0) is 18.1. The van der Waals surface area contributed by atoms with E-state index >= 15 is 0 Å². The highest BCUT2D eigenvalue weighted by Gasteiger charge is 2.12. The molecule has 0 aliphatic heterocycles. The second-order valence-corrected chi connectivity index (χ2v) is 6.08. The molecule has 0 aliphatic carbocycles. The van der Waals surface area contributed by atoms with Gasteiger partial charge in [-0.15, -0.1) is 0 Å². The number of benzene rings is 1. The fraction of sp³-hybridized carbons (Fsp3) is 0.222. The summed E-state index contributed by atoms with van der Waals surface area (Å²) in [6, 6.07) is 7.31. The number of carbonyl (C=O) groups excluding carboxylic acids is 1. The van der Waals surface area contributed by atoms with E-state index < -0.39 is 5.76 Å². The zero-order valence-electron chi connectivity index (χ0n) is 14.2. The lowest BCUT2D eigenvalue weighted by atomic mass is 10.2. The maximum Gasteiger partial charge on any atom is 0.419 e. The largest absolute Gasteiger partial charge is 0.419 e. The van der Waals surface area contributed by atoms with Crippen molar-refractivity contribution in [1.29, 1.82) is 0 Å². The fourth-order valence-electron chi connectivity index (χ4n) is 2.88. The molecule has 132 valence electrons. The van der Waals surface area contributed by atoms with E-state index in [4.69, 9.17) is 4.42 Å². The van der Waals surface area contributed by atoms with E-state index in [1.165, 1.54) is 4.57 Å². The molecular formula is C18H17N5O3. The minimum absolute atomic E-state index is 0.158. The van der Waals surface area contributed by atoms with Gasteiger partial charge in [-0.3, -0.25) is 9.36 Å². The van der Waals surface area contributed by atoms with Crippen LogP contribution in [0.15, 0.2) is 52.1 Å². The summed E-state index contributed by atoms with van der Waals surface area (Å²) in [6.45, 7) is 2.53. The topological polar surface area (TPSA) is 94.4 Å². The van der Waals surface area contributed by atoms with Crippen LogP contribution in [0.3, 0.4) is 0 Å². The van der Waals surface area contributed by atoms with Crippen molar-refractivity contribution >= 4 is 22.7 Å². The molecule has 8 heteroatoms. The Hall–Kier alpha value is -3.42.